The summed E-state index contributed by atoms with van der Waals surface area (Å²) in [5.74, 6) is -0.169. The average molecular weight is 334 g/mol. The number of carbonyl (C=O) groups is 1. The van der Waals surface area contributed by atoms with Crippen LogP contribution in [0.3, 0.4) is 0 Å². The van der Waals surface area contributed by atoms with Gasteiger partial charge < -0.3 is 10.3 Å². The second-order valence-electron chi connectivity index (χ2n) is 5.67. The number of aromatic amines is 1. The fourth-order valence-corrected chi connectivity index (χ4v) is 2.79. The Bertz CT molecular complexity index is 930. The van der Waals surface area contributed by atoms with Crippen molar-refractivity contribution in [3.63, 3.8) is 0 Å². The normalized spacial score (nSPS) is 10.4. The summed E-state index contributed by atoms with van der Waals surface area (Å²) in [5.41, 5.74) is 5.08. The van der Waals surface area contributed by atoms with Gasteiger partial charge in [0, 0.05) is 12.7 Å². The van der Waals surface area contributed by atoms with Crippen LogP contribution in [0.15, 0.2) is 66.9 Å². The molecule has 0 saturated heterocycles. The van der Waals surface area contributed by atoms with Crippen LogP contribution in [0.1, 0.15) is 21.5 Å². The average Bonchev–Trinajstić information content (AvgIpc) is 2.60. The Labute approximate surface area is 146 Å². The highest BCUT2D eigenvalue weighted by Gasteiger charge is 2.07. The number of nitrogens with one attached hydrogen (secondary N) is 2. The van der Waals surface area contributed by atoms with Gasteiger partial charge in [-0.15, -0.1) is 0 Å². The Hall–Kier alpha value is -2.72. The van der Waals surface area contributed by atoms with E-state index < -0.39 is 0 Å². The molecule has 3 nitrogen and oxygen atoms in total. The van der Waals surface area contributed by atoms with E-state index in [9.17, 15) is 4.79 Å². The molecule has 3 rings (SSSR count). The fraction of sp³-hybridized carbons (Fsp3) is 0.100. The van der Waals surface area contributed by atoms with E-state index in [1.165, 1.54) is 11.1 Å². The predicted molar refractivity (Wildman–Crippen MR) is 99.4 cm³/mol. The van der Waals surface area contributed by atoms with Gasteiger partial charge in [-0.05, 0) is 41.8 Å². The molecule has 120 valence electrons. The van der Waals surface area contributed by atoms with Crippen LogP contribution < -0.4 is 5.32 Å². The topological polar surface area (TPSA) is 44.9 Å². The molecule has 0 radical (unpaired) electrons. The smallest absolute Gasteiger partial charge is 0.254 e. The van der Waals surface area contributed by atoms with Crippen LogP contribution >= 0.6 is 12.2 Å². The number of H-pyrrole nitrogens is 1. The Morgan fingerprint density at radius 2 is 1.79 bits per heavy atom. The first-order valence-corrected chi connectivity index (χ1v) is 8.16. The third kappa shape index (κ3) is 3.78. The van der Waals surface area contributed by atoms with E-state index in [1.807, 2.05) is 12.1 Å². The Morgan fingerprint density at radius 3 is 2.54 bits per heavy atom. The van der Waals surface area contributed by atoms with Crippen LogP contribution in [0.2, 0.25) is 0 Å². The molecule has 0 spiro atoms. The second-order valence-corrected chi connectivity index (χ2v) is 6.07. The van der Waals surface area contributed by atoms with Crippen molar-refractivity contribution in [3.8, 4) is 11.1 Å². The predicted octanol–water partition coefficient (Wildman–Crippen LogP) is 4.65. The van der Waals surface area contributed by atoms with E-state index in [1.54, 1.807) is 18.3 Å². The molecular formula is C20H18N2OS. The van der Waals surface area contributed by atoms with Crippen molar-refractivity contribution >= 4 is 18.1 Å². The van der Waals surface area contributed by atoms with Gasteiger partial charge in [-0.25, -0.2) is 0 Å². The van der Waals surface area contributed by atoms with Gasteiger partial charge in [-0.3, -0.25) is 4.79 Å². The summed E-state index contributed by atoms with van der Waals surface area (Å²) < 4.78 is 0.448. The molecule has 1 aromatic heterocycles. The zero-order valence-corrected chi connectivity index (χ0v) is 14.2. The summed E-state index contributed by atoms with van der Waals surface area (Å²) in [7, 11) is 0. The van der Waals surface area contributed by atoms with Gasteiger partial charge in [0.25, 0.3) is 5.91 Å². The largest absolute Gasteiger partial charge is 0.352 e. The second kappa shape index (κ2) is 7.23. The molecule has 0 aliphatic carbocycles. The fourth-order valence-electron chi connectivity index (χ4n) is 2.56. The minimum absolute atomic E-state index is 0.169. The molecule has 2 aromatic carbocycles. The van der Waals surface area contributed by atoms with Crippen LogP contribution in [0.4, 0.5) is 0 Å². The van der Waals surface area contributed by atoms with E-state index in [0.29, 0.717) is 16.7 Å². The first-order valence-electron chi connectivity index (χ1n) is 7.75. The third-order valence-electron chi connectivity index (χ3n) is 3.79. The van der Waals surface area contributed by atoms with E-state index in [0.717, 1.165) is 11.1 Å². The summed E-state index contributed by atoms with van der Waals surface area (Å²) >= 11 is 5.14. The van der Waals surface area contributed by atoms with Gasteiger partial charge in [0.1, 0.15) is 4.64 Å². The summed E-state index contributed by atoms with van der Waals surface area (Å²) in [6.07, 6.45) is 1.71. The van der Waals surface area contributed by atoms with Crippen molar-refractivity contribution in [3.05, 3.63) is 88.2 Å². The zero-order valence-electron chi connectivity index (χ0n) is 13.4. The van der Waals surface area contributed by atoms with E-state index >= 15 is 0 Å². The Balaban J connectivity index is 1.75. The summed E-state index contributed by atoms with van der Waals surface area (Å²) in [6.45, 7) is 2.54. The first-order chi connectivity index (χ1) is 11.6. The molecule has 0 bridgehead atoms. The van der Waals surface area contributed by atoms with Crippen molar-refractivity contribution in [2.24, 2.45) is 0 Å². The number of hydrogen-bond donors (Lipinski definition) is 2. The van der Waals surface area contributed by atoms with Crippen molar-refractivity contribution in [1.82, 2.24) is 10.3 Å². The maximum atomic E-state index is 12.2. The van der Waals surface area contributed by atoms with Gasteiger partial charge in [0.15, 0.2) is 0 Å². The van der Waals surface area contributed by atoms with Crippen molar-refractivity contribution < 1.29 is 4.79 Å². The molecule has 0 saturated carbocycles. The molecule has 3 aromatic rings. The van der Waals surface area contributed by atoms with Gasteiger partial charge >= 0.3 is 0 Å². The number of rotatable bonds is 4. The minimum Gasteiger partial charge on any atom is -0.352 e. The number of pyridine rings is 1. The lowest BCUT2D eigenvalue weighted by molar-refractivity contribution is 0.0950. The summed E-state index contributed by atoms with van der Waals surface area (Å²) in [4.78, 5) is 15.1. The number of carbonyl (C=O) groups excluding carboxylic acids is 1. The molecule has 0 aliphatic heterocycles. The molecule has 2 N–H and O–H groups in total. The number of aryl methyl sites for hydroxylation is 1. The number of amides is 1. The van der Waals surface area contributed by atoms with Crippen molar-refractivity contribution in [2.75, 3.05) is 0 Å². The monoisotopic (exact) mass is 334 g/mol. The van der Waals surface area contributed by atoms with E-state index in [2.05, 4.69) is 53.6 Å². The maximum absolute atomic E-state index is 12.2. The third-order valence-corrected chi connectivity index (χ3v) is 4.13. The SMILES string of the molecule is Cc1cccc(-c2cccc(CNC(=O)c3ccc[nH]c3=S)c2)c1. The van der Waals surface area contributed by atoms with Crippen molar-refractivity contribution in [1.29, 1.82) is 0 Å². The van der Waals surface area contributed by atoms with E-state index in [-0.39, 0.29) is 5.91 Å². The lowest BCUT2D eigenvalue weighted by atomic mass is 10.0. The Morgan fingerprint density at radius 1 is 1.04 bits per heavy atom. The molecular weight excluding hydrogens is 316 g/mol. The molecule has 24 heavy (non-hydrogen) atoms. The molecule has 0 fully saturated rings. The van der Waals surface area contributed by atoms with Crippen LogP contribution in [0, 0.1) is 11.6 Å². The highest BCUT2D eigenvalue weighted by molar-refractivity contribution is 7.71. The zero-order chi connectivity index (χ0) is 16.9. The molecule has 0 unspecified atom stereocenters. The molecule has 1 heterocycles. The lowest BCUT2D eigenvalue weighted by Gasteiger charge is -2.08. The number of hydrogen-bond acceptors (Lipinski definition) is 2. The first kappa shape index (κ1) is 16.1. The maximum Gasteiger partial charge on any atom is 0.254 e. The van der Waals surface area contributed by atoms with Gasteiger partial charge in [-0.1, -0.05) is 60.2 Å². The molecule has 4 heteroatoms. The van der Waals surface area contributed by atoms with Gasteiger partial charge in [0.05, 0.1) is 5.56 Å². The molecule has 0 atom stereocenters. The van der Waals surface area contributed by atoms with Crippen LogP contribution in [-0.4, -0.2) is 10.9 Å². The standard InChI is InChI=1S/C20H18N2OS/c1-14-5-2-7-16(11-14)17-8-3-6-15(12-17)13-22-19(23)18-9-4-10-21-20(18)24/h2-12H,13H2,1H3,(H,21,24)(H,22,23). The number of benzene rings is 2. The minimum atomic E-state index is -0.169. The van der Waals surface area contributed by atoms with E-state index in [4.69, 9.17) is 12.2 Å². The molecule has 1 amide bonds. The van der Waals surface area contributed by atoms with Gasteiger partial charge in [0.2, 0.25) is 0 Å². The highest BCUT2D eigenvalue weighted by Crippen LogP contribution is 2.21. The molecule has 0 aliphatic rings. The quantitative estimate of drug-likeness (QED) is 0.682. The summed E-state index contributed by atoms with van der Waals surface area (Å²) in [6, 6.07) is 20.1. The summed E-state index contributed by atoms with van der Waals surface area (Å²) in [5, 5.41) is 2.92. The highest BCUT2D eigenvalue weighted by atomic mass is 32.1. The lowest BCUT2D eigenvalue weighted by Crippen LogP contribution is -2.23. The van der Waals surface area contributed by atoms with Crippen molar-refractivity contribution in [2.45, 2.75) is 13.5 Å². The Kier molecular flexibility index (Phi) is 4.87. The van der Waals surface area contributed by atoms with Gasteiger partial charge in [-0.2, -0.15) is 0 Å². The number of aromatic nitrogens is 1. The van der Waals surface area contributed by atoms with Crippen LogP contribution in [0.5, 0.6) is 0 Å². The van der Waals surface area contributed by atoms with Crippen LogP contribution in [0.25, 0.3) is 11.1 Å². The van der Waals surface area contributed by atoms with Crippen LogP contribution in [-0.2, 0) is 6.54 Å².